The second-order valence-corrected chi connectivity index (χ2v) is 8.60. The summed E-state index contributed by atoms with van der Waals surface area (Å²) in [6.07, 6.45) is 1.41. The molecule has 0 aliphatic carbocycles. The predicted molar refractivity (Wildman–Crippen MR) is 114 cm³/mol. The maximum absolute atomic E-state index is 13.2. The van der Waals surface area contributed by atoms with Crippen molar-refractivity contribution in [2.45, 2.75) is 11.4 Å². The van der Waals surface area contributed by atoms with E-state index >= 15 is 0 Å². The highest BCUT2D eigenvalue weighted by Crippen LogP contribution is 2.36. The van der Waals surface area contributed by atoms with Gasteiger partial charge in [-0.3, -0.25) is 24.6 Å². The molecule has 0 radical (unpaired) electrons. The van der Waals surface area contributed by atoms with Gasteiger partial charge in [0.25, 0.3) is 16.8 Å². The Hall–Kier alpha value is -2.40. The number of imide groups is 1. The molecule has 0 spiro atoms. The average molecular weight is 469 g/mol. The highest BCUT2D eigenvalue weighted by atomic mass is 35.5. The number of benzene rings is 2. The number of thioether (sulfide) groups is 2. The summed E-state index contributed by atoms with van der Waals surface area (Å²) in [5.74, 6) is -0.780. The lowest BCUT2D eigenvalue weighted by Crippen LogP contribution is -2.27. The lowest BCUT2D eigenvalue weighted by molar-refractivity contribution is -0.387. The van der Waals surface area contributed by atoms with Gasteiger partial charge in [-0.05, 0) is 47.2 Å². The number of carbonyl (C=O) groups excluding carboxylic acids is 2. The summed E-state index contributed by atoms with van der Waals surface area (Å²) < 4.78 is 13.2. The Morgan fingerprint density at radius 3 is 2.70 bits per heavy atom. The molecule has 3 rings (SSSR count). The maximum Gasteiger partial charge on any atom is 0.293 e. The number of rotatable bonds is 7. The molecule has 1 heterocycles. The van der Waals surface area contributed by atoms with Crippen LogP contribution in [0.2, 0.25) is 5.02 Å². The first kappa shape index (κ1) is 22.3. The quantitative estimate of drug-likeness (QED) is 0.272. The molecule has 0 bridgehead atoms. The summed E-state index contributed by atoms with van der Waals surface area (Å²) in [5.41, 5.74) is 0.655. The third-order valence-corrected chi connectivity index (χ3v) is 6.35. The van der Waals surface area contributed by atoms with Crippen LogP contribution >= 0.6 is 35.1 Å². The summed E-state index contributed by atoms with van der Waals surface area (Å²) in [5, 5.41) is 19.8. The van der Waals surface area contributed by atoms with Gasteiger partial charge < -0.3 is 5.11 Å². The Balaban J connectivity index is 1.84. The number of hydrogen-bond donors (Lipinski definition) is 1. The molecule has 1 saturated heterocycles. The van der Waals surface area contributed by atoms with Crippen LogP contribution in [0.4, 0.5) is 14.9 Å². The van der Waals surface area contributed by atoms with E-state index in [0.29, 0.717) is 33.5 Å². The molecule has 11 heteroatoms. The zero-order valence-electron chi connectivity index (χ0n) is 15.2. The molecule has 2 aromatic carbocycles. The molecule has 1 aliphatic rings. The summed E-state index contributed by atoms with van der Waals surface area (Å²) in [6, 6.07) is 8.12. The molecule has 0 atom stereocenters. The lowest BCUT2D eigenvalue weighted by atomic mass is 10.1. The first-order chi connectivity index (χ1) is 14.3. The van der Waals surface area contributed by atoms with Crippen LogP contribution in [-0.4, -0.2) is 38.4 Å². The third kappa shape index (κ3) is 5.01. The van der Waals surface area contributed by atoms with Crippen molar-refractivity contribution in [2.75, 3.05) is 12.4 Å². The smallest absolute Gasteiger partial charge is 0.293 e. The fourth-order valence-corrected chi connectivity index (χ4v) is 4.47. The molecule has 1 fully saturated rings. The van der Waals surface area contributed by atoms with Crippen LogP contribution < -0.4 is 0 Å². The van der Waals surface area contributed by atoms with Crippen LogP contribution in [0, 0.1) is 15.9 Å². The highest BCUT2D eigenvalue weighted by Gasteiger charge is 2.35. The number of aliphatic hydroxyl groups is 1. The molecule has 0 aromatic heterocycles. The summed E-state index contributed by atoms with van der Waals surface area (Å²) in [4.78, 5) is 37.2. The van der Waals surface area contributed by atoms with Gasteiger partial charge in [0.05, 0.1) is 27.9 Å². The number of halogens is 2. The van der Waals surface area contributed by atoms with E-state index in [0.717, 1.165) is 22.7 Å². The van der Waals surface area contributed by atoms with Crippen molar-refractivity contribution in [3.63, 3.8) is 0 Å². The van der Waals surface area contributed by atoms with Crippen molar-refractivity contribution < 1.29 is 24.0 Å². The Morgan fingerprint density at radius 1 is 1.27 bits per heavy atom. The standard InChI is InChI=1S/C19H14ClFN2O5S2/c20-14-9-13(21)3-2-12(14)10-22-18(25)17(30-19(22)26)8-11-1-4-16(29-6-5-24)15(7-11)23(27)28/h1-4,7-9,24H,5-6,10H2. The first-order valence-corrected chi connectivity index (χ1v) is 10.7. The van der Waals surface area contributed by atoms with Gasteiger partial charge in [-0.2, -0.15) is 0 Å². The molecular weight excluding hydrogens is 455 g/mol. The van der Waals surface area contributed by atoms with E-state index in [1.807, 2.05) is 0 Å². The Kier molecular flexibility index (Phi) is 7.14. The van der Waals surface area contributed by atoms with Crippen molar-refractivity contribution in [3.8, 4) is 0 Å². The second kappa shape index (κ2) is 9.61. The summed E-state index contributed by atoms with van der Waals surface area (Å²) >= 11 is 7.83. The van der Waals surface area contributed by atoms with Crippen LogP contribution in [0.1, 0.15) is 11.1 Å². The number of nitro benzene ring substituents is 1. The monoisotopic (exact) mass is 468 g/mol. The van der Waals surface area contributed by atoms with Crippen LogP contribution in [0.3, 0.4) is 0 Å². The average Bonchev–Trinajstić information content (AvgIpc) is 2.96. The van der Waals surface area contributed by atoms with Crippen molar-refractivity contribution in [2.24, 2.45) is 0 Å². The van der Waals surface area contributed by atoms with Gasteiger partial charge in [0, 0.05) is 16.8 Å². The minimum absolute atomic E-state index is 0.102. The molecular formula is C19H14ClFN2O5S2. The first-order valence-electron chi connectivity index (χ1n) is 8.51. The van der Waals surface area contributed by atoms with Crippen LogP contribution in [-0.2, 0) is 11.3 Å². The van der Waals surface area contributed by atoms with Gasteiger partial charge in [0.15, 0.2) is 0 Å². The zero-order chi connectivity index (χ0) is 21.8. The van der Waals surface area contributed by atoms with E-state index in [-0.39, 0.29) is 28.8 Å². The minimum atomic E-state index is -0.563. The van der Waals surface area contributed by atoms with Gasteiger partial charge in [-0.25, -0.2) is 4.39 Å². The third-order valence-electron chi connectivity index (χ3n) is 4.04. The van der Waals surface area contributed by atoms with Crippen LogP contribution in [0.15, 0.2) is 46.2 Å². The number of carbonyl (C=O) groups is 2. The number of hydrogen-bond acceptors (Lipinski definition) is 7. The van der Waals surface area contributed by atoms with Crippen molar-refractivity contribution in [1.82, 2.24) is 4.90 Å². The van der Waals surface area contributed by atoms with Crippen LogP contribution in [0.5, 0.6) is 0 Å². The normalized spacial score (nSPS) is 15.3. The molecule has 156 valence electrons. The highest BCUT2D eigenvalue weighted by molar-refractivity contribution is 8.18. The van der Waals surface area contributed by atoms with E-state index in [1.165, 1.54) is 30.3 Å². The Morgan fingerprint density at radius 2 is 2.03 bits per heavy atom. The molecule has 1 aliphatic heterocycles. The molecule has 0 unspecified atom stereocenters. The predicted octanol–water partition coefficient (Wildman–Crippen LogP) is 4.71. The van der Waals surface area contributed by atoms with Crippen molar-refractivity contribution in [3.05, 3.63) is 73.4 Å². The largest absolute Gasteiger partial charge is 0.396 e. The SMILES string of the molecule is O=C1SC(=Cc2ccc(SCCO)c([N+](=O)[O-])c2)C(=O)N1Cc1ccc(F)cc1Cl. The Bertz CT molecular complexity index is 1060. The lowest BCUT2D eigenvalue weighted by Gasteiger charge is -2.13. The fourth-order valence-electron chi connectivity index (χ4n) is 2.65. The number of nitro groups is 1. The van der Waals surface area contributed by atoms with E-state index in [4.69, 9.17) is 16.7 Å². The molecule has 1 N–H and O–H groups in total. The number of nitrogens with zero attached hydrogens (tertiary/aromatic N) is 2. The molecule has 7 nitrogen and oxygen atoms in total. The molecule has 0 saturated carbocycles. The van der Waals surface area contributed by atoms with Crippen LogP contribution in [0.25, 0.3) is 6.08 Å². The van der Waals surface area contributed by atoms with E-state index in [1.54, 1.807) is 6.07 Å². The maximum atomic E-state index is 13.2. The van der Waals surface area contributed by atoms with E-state index in [2.05, 4.69) is 0 Å². The van der Waals surface area contributed by atoms with E-state index in [9.17, 15) is 24.1 Å². The van der Waals surface area contributed by atoms with Gasteiger partial charge in [-0.1, -0.05) is 23.7 Å². The van der Waals surface area contributed by atoms with Crippen molar-refractivity contribution in [1.29, 1.82) is 0 Å². The summed E-state index contributed by atoms with van der Waals surface area (Å²) in [7, 11) is 0. The molecule has 2 aromatic rings. The fraction of sp³-hybridized carbons (Fsp3) is 0.158. The molecule has 30 heavy (non-hydrogen) atoms. The van der Waals surface area contributed by atoms with Gasteiger partial charge >= 0.3 is 0 Å². The Labute approximate surface area is 184 Å². The summed E-state index contributed by atoms with van der Waals surface area (Å²) in [6.45, 7) is -0.229. The van der Waals surface area contributed by atoms with Crippen molar-refractivity contribution >= 4 is 58.0 Å². The van der Waals surface area contributed by atoms with Gasteiger partial charge in [-0.15, -0.1) is 11.8 Å². The molecule has 2 amide bonds. The zero-order valence-corrected chi connectivity index (χ0v) is 17.6. The minimum Gasteiger partial charge on any atom is -0.396 e. The van der Waals surface area contributed by atoms with Gasteiger partial charge in [0.2, 0.25) is 0 Å². The second-order valence-electron chi connectivity index (χ2n) is 6.06. The number of amides is 2. The van der Waals surface area contributed by atoms with Gasteiger partial charge in [0.1, 0.15) is 5.82 Å². The van der Waals surface area contributed by atoms with E-state index < -0.39 is 21.9 Å². The topological polar surface area (TPSA) is 101 Å². The number of aliphatic hydroxyl groups excluding tert-OH is 1.